The quantitative estimate of drug-likeness (QED) is 0.342. The standard InChI is InChI=1S/C18H13F5O5S/c19-12-13(20)15(22)17(16(23)14(12)21)28-29(25,26)8-2-3-9-10(24)7-18(4-1-5-18)27-11(9)6-8/h2-3,6,10,24H,1,4-5,7H2/t10-/m0/s1. The lowest BCUT2D eigenvalue weighted by Gasteiger charge is -2.46. The van der Waals surface area contributed by atoms with Crippen molar-refractivity contribution in [2.45, 2.75) is 42.3 Å². The van der Waals surface area contributed by atoms with Gasteiger partial charge in [-0.25, -0.2) is 13.2 Å². The summed E-state index contributed by atoms with van der Waals surface area (Å²) in [6, 6.07) is 3.20. The molecule has 1 atom stereocenters. The summed E-state index contributed by atoms with van der Waals surface area (Å²) in [5.41, 5.74) is -0.297. The highest BCUT2D eigenvalue weighted by molar-refractivity contribution is 7.87. The highest BCUT2D eigenvalue weighted by atomic mass is 32.2. The molecule has 0 aromatic heterocycles. The molecule has 1 saturated carbocycles. The number of hydrogen-bond donors (Lipinski definition) is 1. The van der Waals surface area contributed by atoms with E-state index in [1.165, 1.54) is 6.07 Å². The minimum atomic E-state index is -4.98. The number of hydrogen-bond acceptors (Lipinski definition) is 5. The van der Waals surface area contributed by atoms with Crippen LogP contribution in [0.5, 0.6) is 11.5 Å². The zero-order valence-corrected chi connectivity index (χ0v) is 15.3. The predicted octanol–water partition coefficient (Wildman–Crippen LogP) is 3.89. The summed E-state index contributed by atoms with van der Waals surface area (Å²) in [4.78, 5) is -0.635. The Morgan fingerprint density at radius 1 is 1.00 bits per heavy atom. The molecule has 1 heterocycles. The SMILES string of the molecule is O=S(=O)(Oc1c(F)c(F)c(F)c(F)c1F)c1ccc2c(c1)OC1(CCC1)C[C@@H]2O. The summed E-state index contributed by atoms with van der Waals surface area (Å²) in [5.74, 6) is -13.8. The fourth-order valence-corrected chi connectivity index (χ4v) is 4.41. The third-order valence-electron chi connectivity index (χ3n) is 5.15. The lowest BCUT2D eigenvalue weighted by atomic mass is 9.73. The third kappa shape index (κ3) is 3.12. The predicted molar refractivity (Wildman–Crippen MR) is 87.3 cm³/mol. The molecule has 0 radical (unpaired) electrons. The average molecular weight is 436 g/mol. The first-order valence-corrected chi connectivity index (χ1v) is 9.92. The monoisotopic (exact) mass is 436 g/mol. The van der Waals surface area contributed by atoms with Crippen molar-refractivity contribution in [3.8, 4) is 11.5 Å². The Bertz CT molecular complexity index is 1090. The van der Waals surface area contributed by atoms with Crippen LogP contribution in [0, 0.1) is 29.1 Å². The van der Waals surface area contributed by atoms with E-state index in [2.05, 4.69) is 4.18 Å². The van der Waals surface area contributed by atoms with E-state index in [1.54, 1.807) is 0 Å². The second kappa shape index (κ2) is 6.56. The van der Waals surface area contributed by atoms with Gasteiger partial charge in [0.05, 0.1) is 6.10 Å². The first-order chi connectivity index (χ1) is 13.5. The molecule has 1 spiro atoms. The molecule has 1 aliphatic heterocycles. The Morgan fingerprint density at radius 2 is 1.59 bits per heavy atom. The van der Waals surface area contributed by atoms with Crippen molar-refractivity contribution in [2.75, 3.05) is 0 Å². The summed E-state index contributed by atoms with van der Waals surface area (Å²) in [6.45, 7) is 0. The van der Waals surface area contributed by atoms with E-state index < -0.39 is 61.6 Å². The molecule has 0 saturated heterocycles. The van der Waals surface area contributed by atoms with E-state index in [1.807, 2.05) is 0 Å². The molecule has 5 nitrogen and oxygen atoms in total. The van der Waals surface area contributed by atoms with E-state index in [-0.39, 0.29) is 5.75 Å². The highest BCUT2D eigenvalue weighted by Gasteiger charge is 2.45. The smallest absolute Gasteiger partial charge is 0.339 e. The fraction of sp³-hybridized carbons (Fsp3) is 0.333. The average Bonchev–Trinajstić information content (AvgIpc) is 2.66. The third-order valence-corrected chi connectivity index (χ3v) is 6.37. The minimum absolute atomic E-state index is 0.0468. The topological polar surface area (TPSA) is 72.8 Å². The van der Waals surface area contributed by atoms with Crippen LogP contribution >= 0.6 is 0 Å². The van der Waals surface area contributed by atoms with Gasteiger partial charge in [0.15, 0.2) is 0 Å². The van der Waals surface area contributed by atoms with Crippen molar-refractivity contribution in [3.05, 3.63) is 52.8 Å². The van der Waals surface area contributed by atoms with Gasteiger partial charge in [-0.05, 0) is 25.3 Å². The largest absolute Gasteiger partial charge is 0.487 e. The van der Waals surface area contributed by atoms with Crippen LogP contribution < -0.4 is 8.92 Å². The molecule has 1 aliphatic carbocycles. The zero-order valence-electron chi connectivity index (χ0n) is 14.5. The van der Waals surface area contributed by atoms with Crippen molar-refractivity contribution in [1.82, 2.24) is 0 Å². The molecule has 0 unspecified atom stereocenters. The number of aliphatic hydroxyl groups excluding tert-OH is 1. The van der Waals surface area contributed by atoms with E-state index in [9.17, 15) is 35.5 Å². The van der Waals surface area contributed by atoms with E-state index in [0.29, 0.717) is 24.8 Å². The number of halogens is 5. The number of aliphatic hydroxyl groups is 1. The van der Waals surface area contributed by atoms with Crippen molar-refractivity contribution < 1.29 is 44.4 Å². The molecule has 2 aromatic rings. The number of rotatable bonds is 3. The van der Waals surface area contributed by atoms with Gasteiger partial charge < -0.3 is 14.0 Å². The maximum absolute atomic E-state index is 13.8. The van der Waals surface area contributed by atoms with Gasteiger partial charge in [-0.1, -0.05) is 6.07 Å². The van der Waals surface area contributed by atoms with Gasteiger partial charge in [-0.2, -0.15) is 17.2 Å². The van der Waals surface area contributed by atoms with Crippen LogP contribution in [0.25, 0.3) is 0 Å². The molecule has 0 amide bonds. The van der Waals surface area contributed by atoms with Gasteiger partial charge in [-0.3, -0.25) is 0 Å². The van der Waals surface area contributed by atoms with Crippen molar-refractivity contribution in [1.29, 1.82) is 0 Å². The van der Waals surface area contributed by atoms with Crippen LogP contribution in [0.15, 0.2) is 23.1 Å². The van der Waals surface area contributed by atoms with Gasteiger partial charge in [0, 0.05) is 18.1 Å². The number of ether oxygens (including phenoxy) is 1. The Kier molecular flexibility index (Phi) is 4.50. The molecule has 4 rings (SSSR count). The van der Waals surface area contributed by atoms with Crippen molar-refractivity contribution >= 4 is 10.1 Å². The van der Waals surface area contributed by atoms with E-state index in [4.69, 9.17) is 4.74 Å². The normalized spacial score (nSPS) is 20.0. The Hall–Kier alpha value is -2.40. The van der Waals surface area contributed by atoms with Gasteiger partial charge in [0.25, 0.3) is 0 Å². The van der Waals surface area contributed by atoms with E-state index in [0.717, 1.165) is 18.6 Å². The number of benzene rings is 2. The summed E-state index contributed by atoms with van der Waals surface area (Å²) in [7, 11) is -4.98. The Labute approximate surface area is 161 Å². The van der Waals surface area contributed by atoms with Gasteiger partial charge >= 0.3 is 10.1 Å². The van der Waals surface area contributed by atoms with Crippen LogP contribution in [-0.2, 0) is 10.1 Å². The first kappa shape index (κ1) is 19.9. The summed E-state index contributed by atoms with van der Waals surface area (Å²) < 4.78 is 102. The molecular weight excluding hydrogens is 423 g/mol. The molecule has 1 N–H and O–H groups in total. The fourth-order valence-electron chi connectivity index (χ4n) is 3.46. The molecule has 2 aromatic carbocycles. The number of fused-ring (bicyclic) bond motifs is 1. The summed E-state index contributed by atoms with van der Waals surface area (Å²) in [5, 5.41) is 10.3. The van der Waals surface area contributed by atoms with Gasteiger partial charge in [0.2, 0.25) is 34.8 Å². The summed E-state index contributed by atoms with van der Waals surface area (Å²) in [6.07, 6.45) is 1.66. The lowest BCUT2D eigenvalue weighted by molar-refractivity contribution is -0.0665. The molecule has 1 fully saturated rings. The van der Waals surface area contributed by atoms with Gasteiger partial charge in [-0.15, -0.1) is 0 Å². The van der Waals surface area contributed by atoms with Crippen LogP contribution in [0.1, 0.15) is 37.4 Å². The lowest BCUT2D eigenvalue weighted by Crippen LogP contribution is -2.46. The molecule has 11 heteroatoms. The molecule has 29 heavy (non-hydrogen) atoms. The van der Waals surface area contributed by atoms with Crippen LogP contribution in [0.3, 0.4) is 0 Å². The van der Waals surface area contributed by atoms with Crippen LogP contribution in [-0.4, -0.2) is 19.1 Å². The van der Waals surface area contributed by atoms with Crippen LogP contribution in [0.4, 0.5) is 22.0 Å². The van der Waals surface area contributed by atoms with Crippen molar-refractivity contribution in [3.63, 3.8) is 0 Å². The minimum Gasteiger partial charge on any atom is -0.487 e. The second-order valence-electron chi connectivity index (χ2n) is 6.99. The van der Waals surface area contributed by atoms with Crippen LogP contribution in [0.2, 0.25) is 0 Å². The highest BCUT2D eigenvalue weighted by Crippen LogP contribution is 2.49. The molecule has 2 aliphatic rings. The Balaban J connectivity index is 1.72. The molecule has 0 bridgehead atoms. The van der Waals surface area contributed by atoms with E-state index >= 15 is 0 Å². The second-order valence-corrected chi connectivity index (χ2v) is 8.54. The maximum Gasteiger partial charge on any atom is 0.339 e. The molecular formula is C18H13F5O5S. The maximum atomic E-state index is 13.8. The zero-order chi connectivity index (χ0) is 21.1. The molecule has 156 valence electrons. The van der Waals surface area contributed by atoms with Crippen molar-refractivity contribution in [2.24, 2.45) is 0 Å². The Morgan fingerprint density at radius 3 is 2.14 bits per heavy atom. The first-order valence-electron chi connectivity index (χ1n) is 8.52. The van der Waals surface area contributed by atoms with Gasteiger partial charge in [0.1, 0.15) is 16.2 Å². The summed E-state index contributed by atoms with van der Waals surface area (Å²) >= 11 is 0.